The van der Waals surface area contributed by atoms with Gasteiger partial charge in [0, 0.05) is 19.6 Å². The molecule has 1 heterocycles. The molecule has 0 spiro atoms. The zero-order chi connectivity index (χ0) is 12.7. The molecule has 1 aliphatic rings. The molecule has 0 aromatic heterocycles. The third-order valence-corrected chi connectivity index (χ3v) is 2.62. The number of nitrogens with one attached hydrogen (secondary N) is 2. The summed E-state index contributed by atoms with van der Waals surface area (Å²) in [6, 6.07) is -0.321. The van der Waals surface area contributed by atoms with Crippen molar-refractivity contribution in [3.8, 4) is 0 Å². The van der Waals surface area contributed by atoms with Crippen molar-refractivity contribution in [2.45, 2.75) is 19.9 Å². The second-order valence-corrected chi connectivity index (χ2v) is 3.89. The predicted octanol–water partition coefficient (Wildman–Crippen LogP) is -0.619. The first-order valence-corrected chi connectivity index (χ1v) is 6.05. The first-order valence-electron chi connectivity index (χ1n) is 6.05. The normalized spacial score (nSPS) is 18.7. The first-order chi connectivity index (χ1) is 8.19. The number of carbonyl (C=O) groups is 2. The first kappa shape index (κ1) is 17.2. The van der Waals surface area contributed by atoms with E-state index in [1.165, 1.54) is 4.90 Å². The van der Waals surface area contributed by atoms with Gasteiger partial charge in [-0.25, -0.2) is 0 Å². The Balaban J connectivity index is 0.00000289. The van der Waals surface area contributed by atoms with E-state index in [1.54, 1.807) is 0 Å². The lowest BCUT2D eigenvalue weighted by Crippen LogP contribution is -2.54. The van der Waals surface area contributed by atoms with Crippen LogP contribution < -0.4 is 10.6 Å². The Morgan fingerprint density at radius 2 is 2.17 bits per heavy atom. The van der Waals surface area contributed by atoms with Crippen LogP contribution in [0.25, 0.3) is 0 Å². The number of ether oxygens (including phenoxy) is 1. The largest absolute Gasteiger partial charge is 0.378 e. The average molecular weight is 280 g/mol. The zero-order valence-electron chi connectivity index (χ0n) is 10.9. The Hall–Kier alpha value is -0.850. The molecule has 106 valence electrons. The number of likely N-dealkylation sites (N-methyl/N-ethyl adjacent to an activating group) is 2. The molecule has 2 amide bonds. The summed E-state index contributed by atoms with van der Waals surface area (Å²) in [7, 11) is 0. The quantitative estimate of drug-likeness (QED) is 0.704. The molecule has 7 heteroatoms. The molecule has 1 atom stereocenters. The summed E-state index contributed by atoms with van der Waals surface area (Å²) in [4.78, 5) is 25.1. The SMILES string of the molecule is CCNC(=O)CN(CC)C(=O)C1COCCN1.Cl. The molecular formula is C11H22ClN3O3. The van der Waals surface area contributed by atoms with Crippen LogP contribution in [-0.4, -0.2) is 62.1 Å². The maximum absolute atomic E-state index is 12.1. The Bertz CT molecular complexity index is 270. The molecule has 1 unspecified atom stereocenters. The Labute approximate surface area is 114 Å². The maximum atomic E-state index is 12.1. The number of morpholine rings is 1. The molecular weight excluding hydrogens is 258 g/mol. The molecule has 1 rings (SSSR count). The molecule has 0 saturated carbocycles. The highest BCUT2D eigenvalue weighted by atomic mass is 35.5. The van der Waals surface area contributed by atoms with Crippen molar-refractivity contribution in [1.29, 1.82) is 0 Å². The molecule has 2 N–H and O–H groups in total. The number of hydrogen-bond acceptors (Lipinski definition) is 4. The lowest BCUT2D eigenvalue weighted by Gasteiger charge is -2.28. The summed E-state index contributed by atoms with van der Waals surface area (Å²) in [5, 5.41) is 5.77. The van der Waals surface area contributed by atoms with Gasteiger partial charge in [0.05, 0.1) is 19.8 Å². The standard InChI is InChI=1S/C11H21N3O3.ClH/c1-3-12-10(15)7-14(4-2)11(16)9-8-17-6-5-13-9;/h9,13H,3-8H2,1-2H3,(H,12,15);1H. The van der Waals surface area contributed by atoms with E-state index < -0.39 is 0 Å². The number of rotatable bonds is 5. The van der Waals surface area contributed by atoms with E-state index in [9.17, 15) is 9.59 Å². The van der Waals surface area contributed by atoms with Crippen LogP contribution in [-0.2, 0) is 14.3 Å². The van der Waals surface area contributed by atoms with E-state index in [-0.39, 0.29) is 36.8 Å². The van der Waals surface area contributed by atoms with E-state index in [2.05, 4.69) is 10.6 Å². The number of amides is 2. The van der Waals surface area contributed by atoms with Crippen molar-refractivity contribution >= 4 is 24.2 Å². The summed E-state index contributed by atoms with van der Waals surface area (Å²) >= 11 is 0. The Morgan fingerprint density at radius 1 is 1.44 bits per heavy atom. The number of halogens is 1. The lowest BCUT2D eigenvalue weighted by atomic mass is 10.2. The van der Waals surface area contributed by atoms with Gasteiger partial charge in [-0.2, -0.15) is 0 Å². The van der Waals surface area contributed by atoms with Gasteiger partial charge in [-0.3, -0.25) is 9.59 Å². The van der Waals surface area contributed by atoms with Crippen LogP contribution in [0.5, 0.6) is 0 Å². The third kappa shape index (κ3) is 5.20. The van der Waals surface area contributed by atoms with Crippen molar-refractivity contribution in [3.63, 3.8) is 0 Å². The molecule has 0 bridgehead atoms. The van der Waals surface area contributed by atoms with Gasteiger partial charge in [0.25, 0.3) is 0 Å². The number of carbonyl (C=O) groups excluding carboxylic acids is 2. The monoisotopic (exact) mass is 279 g/mol. The molecule has 1 fully saturated rings. The second-order valence-electron chi connectivity index (χ2n) is 3.89. The zero-order valence-corrected chi connectivity index (χ0v) is 11.7. The summed E-state index contributed by atoms with van der Waals surface area (Å²) in [6.07, 6.45) is 0. The molecule has 1 saturated heterocycles. The molecule has 0 aromatic rings. The van der Waals surface area contributed by atoms with Gasteiger partial charge in [-0.05, 0) is 13.8 Å². The fourth-order valence-corrected chi connectivity index (χ4v) is 1.72. The van der Waals surface area contributed by atoms with Gasteiger partial charge in [0.1, 0.15) is 6.04 Å². The Kier molecular flexibility index (Phi) is 8.70. The average Bonchev–Trinajstić information content (AvgIpc) is 2.36. The van der Waals surface area contributed by atoms with Crippen LogP contribution in [0.1, 0.15) is 13.8 Å². The minimum absolute atomic E-state index is 0. The molecule has 0 aromatic carbocycles. The van der Waals surface area contributed by atoms with E-state index >= 15 is 0 Å². The minimum Gasteiger partial charge on any atom is -0.378 e. The minimum atomic E-state index is -0.321. The summed E-state index contributed by atoms with van der Waals surface area (Å²) in [5.74, 6) is -0.196. The Morgan fingerprint density at radius 3 is 2.67 bits per heavy atom. The van der Waals surface area contributed by atoms with Crippen LogP contribution in [0.4, 0.5) is 0 Å². The van der Waals surface area contributed by atoms with Crippen molar-refractivity contribution in [2.75, 3.05) is 39.4 Å². The number of nitrogens with zero attached hydrogens (tertiary/aromatic N) is 1. The van der Waals surface area contributed by atoms with E-state index in [4.69, 9.17) is 4.74 Å². The van der Waals surface area contributed by atoms with Crippen molar-refractivity contribution in [2.24, 2.45) is 0 Å². The lowest BCUT2D eigenvalue weighted by molar-refractivity contribution is -0.139. The van der Waals surface area contributed by atoms with E-state index in [0.717, 1.165) is 0 Å². The van der Waals surface area contributed by atoms with Gasteiger partial charge >= 0.3 is 0 Å². The summed E-state index contributed by atoms with van der Waals surface area (Å²) < 4.78 is 5.24. The highest BCUT2D eigenvalue weighted by molar-refractivity contribution is 5.87. The fourth-order valence-electron chi connectivity index (χ4n) is 1.72. The molecule has 1 aliphatic heterocycles. The van der Waals surface area contributed by atoms with Crippen molar-refractivity contribution < 1.29 is 14.3 Å². The second kappa shape index (κ2) is 9.13. The molecule has 0 radical (unpaired) electrons. The number of hydrogen-bond donors (Lipinski definition) is 2. The van der Waals surface area contributed by atoms with Gasteiger partial charge in [-0.1, -0.05) is 0 Å². The molecule has 18 heavy (non-hydrogen) atoms. The topological polar surface area (TPSA) is 70.7 Å². The van der Waals surface area contributed by atoms with E-state index in [1.807, 2.05) is 13.8 Å². The predicted molar refractivity (Wildman–Crippen MR) is 70.8 cm³/mol. The summed E-state index contributed by atoms with van der Waals surface area (Å²) in [6.45, 7) is 6.62. The van der Waals surface area contributed by atoms with E-state index in [0.29, 0.717) is 32.8 Å². The highest BCUT2D eigenvalue weighted by Crippen LogP contribution is 2.00. The smallest absolute Gasteiger partial charge is 0.242 e. The summed E-state index contributed by atoms with van der Waals surface area (Å²) in [5.41, 5.74) is 0. The van der Waals surface area contributed by atoms with Crippen LogP contribution in [0.15, 0.2) is 0 Å². The maximum Gasteiger partial charge on any atom is 0.242 e. The van der Waals surface area contributed by atoms with Crippen LogP contribution >= 0.6 is 12.4 Å². The van der Waals surface area contributed by atoms with Crippen molar-refractivity contribution in [1.82, 2.24) is 15.5 Å². The van der Waals surface area contributed by atoms with Gasteiger partial charge in [-0.15, -0.1) is 12.4 Å². The molecule has 6 nitrogen and oxygen atoms in total. The van der Waals surface area contributed by atoms with Gasteiger partial charge < -0.3 is 20.3 Å². The van der Waals surface area contributed by atoms with Crippen LogP contribution in [0.2, 0.25) is 0 Å². The highest BCUT2D eigenvalue weighted by Gasteiger charge is 2.26. The van der Waals surface area contributed by atoms with Gasteiger partial charge in [0.15, 0.2) is 0 Å². The van der Waals surface area contributed by atoms with Crippen molar-refractivity contribution in [3.05, 3.63) is 0 Å². The molecule has 0 aliphatic carbocycles. The van der Waals surface area contributed by atoms with Crippen LogP contribution in [0.3, 0.4) is 0 Å². The third-order valence-electron chi connectivity index (χ3n) is 2.62. The fraction of sp³-hybridized carbons (Fsp3) is 0.818. The van der Waals surface area contributed by atoms with Gasteiger partial charge in [0.2, 0.25) is 11.8 Å². The van der Waals surface area contributed by atoms with Crippen LogP contribution in [0, 0.1) is 0 Å².